The summed E-state index contributed by atoms with van der Waals surface area (Å²) < 4.78 is 46.7. The van der Waals surface area contributed by atoms with Gasteiger partial charge in [-0.2, -0.15) is 8.78 Å². The van der Waals surface area contributed by atoms with Gasteiger partial charge in [0, 0.05) is 42.6 Å². The molecule has 1 aliphatic rings. The SMILES string of the molecule is CCN(N=O)c1ccc(O)c(O)c1.CCc1ccc(C(=O)NCCCCC(NC(=O)C(CC(=O)C(Cc2ccccc2)NC(=O)COC2CC(C)CCC2C(C)C)Cc2ccc(C(F)(F)P(=O)(O)O)cc2)C(C)=O)cc1. The number of aromatic hydroxyl groups is 2. The van der Waals surface area contributed by atoms with Gasteiger partial charge in [0.1, 0.15) is 6.61 Å². The molecule has 20 heteroatoms. The van der Waals surface area contributed by atoms with Gasteiger partial charge in [-0.3, -0.25) is 28.5 Å². The first-order valence-electron chi connectivity index (χ1n) is 25.8. The summed E-state index contributed by atoms with van der Waals surface area (Å²) in [4.78, 5) is 96.1. The standard InChI is InChI=1S/C48H64F2N3O9P.C8H10N2O3/c1-6-34-16-20-37(21-17-34)46(57)51-25-11-10-14-41(33(5)54)53-47(58)38(27-36-18-22-39(23-19-36)48(49,50)63(59,60)61)29-43(55)42(28-35-12-8-7-9-13-35)52-45(56)30-62-44-26-32(4)15-24-40(44)31(2)3;1-2-10(9-13)6-3-4-7(11)8(12)5-6/h7-9,12-13,16-23,31-32,38,40-42,44H,6,10-11,14-15,24-30H2,1-5H3,(H,51,57)(H,52,56)(H,53,58)(H2,59,60,61);3-5,11-12H,2H2,1H3. The number of ether oxygens (including phenoxy) is 1. The molecule has 0 aromatic heterocycles. The Morgan fingerprint density at radius 2 is 1.47 bits per heavy atom. The second kappa shape index (κ2) is 29.8. The zero-order valence-electron chi connectivity index (χ0n) is 44.1. The molecule has 0 saturated heterocycles. The fourth-order valence-corrected chi connectivity index (χ4v) is 9.54. The average Bonchev–Trinajstić information content (AvgIpc) is 3.38. The van der Waals surface area contributed by atoms with Gasteiger partial charge in [-0.1, -0.05) is 101 Å². The molecule has 1 saturated carbocycles. The number of rotatable bonds is 27. The Morgan fingerprint density at radius 3 is 2.05 bits per heavy atom. The number of nitrogens with zero attached hydrogens (tertiary/aromatic N) is 2. The Kier molecular flexibility index (Phi) is 24.3. The van der Waals surface area contributed by atoms with E-state index in [1.54, 1.807) is 31.2 Å². The molecule has 6 unspecified atom stereocenters. The third-order valence-electron chi connectivity index (χ3n) is 13.7. The van der Waals surface area contributed by atoms with Gasteiger partial charge >= 0.3 is 13.3 Å². The highest BCUT2D eigenvalue weighted by atomic mass is 31.2. The Bertz CT molecular complexity index is 2580. The molecule has 1 aliphatic carbocycles. The first kappa shape index (κ1) is 62.1. The fourth-order valence-electron chi connectivity index (χ4n) is 9.05. The number of nitrogens with one attached hydrogen (secondary N) is 3. The number of hydrogen-bond acceptors (Lipinski definition) is 11. The predicted molar refractivity (Wildman–Crippen MR) is 286 cm³/mol. The predicted octanol–water partition coefficient (Wildman–Crippen LogP) is 9.08. The van der Waals surface area contributed by atoms with Crippen LogP contribution in [-0.2, 0) is 53.4 Å². The zero-order chi connectivity index (χ0) is 56.2. The van der Waals surface area contributed by atoms with Crippen molar-refractivity contribution in [3.8, 4) is 11.5 Å². The topological polar surface area (TPSA) is 261 Å². The van der Waals surface area contributed by atoms with E-state index in [2.05, 4.69) is 42.0 Å². The summed E-state index contributed by atoms with van der Waals surface area (Å²) in [5, 5.41) is 30.5. The van der Waals surface area contributed by atoms with E-state index in [9.17, 15) is 52.0 Å². The molecule has 17 nitrogen and oxygen atoms in total. The molecule has 6 atom stereocenters. The van der Waals surface area contributed by atoms with E-state index in [0.29, 0.717) is 60.5 Å². The van der Waals surface area contributed by atoms with E-state index < -0.39 is 60.8 Å². The third-order valence-corrected chi connectivity index (χ3v) is 14.6. The van der Waals surface area contributed by atoms with E-state index in [4.69, 9.17) is 14.9 Å². The molecule has 4 aromatic carbocycles. The van der Waals surface area contributed by atoms with Crippen molar-refractivity contribution in [2.75, 3.05) is 24.7 Å². The highest BCUT2D eigenvalue weighted by molar-refractivity contribution is 7.52. The number of aryl methyl sites for hydroxylation is 1. The summed E-state index contributed by atoms with van der Waals surface area (Å²) in [7, 11) is -5.84. The van der Waals surface area contributed by atoms with Crippen LogP contribution in [-0.4, -0.2) is 87.2 Å². The number of carbonyl (C=O) groups is 5. The van der Waals surface area contributed by atoms with Crippen molar-refractivity contribution >= 4 is 42.6 Å². The first-order chi connectivity index (χ1) is 36.0. The van der Waals surface area contributed by atoms with E-state index in [-0.39, 0.29) is 55.2 Å². The van der Waals surface area contributed by atoms with E-state index in [1.165, 1.54) is 42.3 Å². The summed E-state index contributed by atoms with van der Waals surface area (Å²) in [5.41, 5.74) is -2.22. The van der Waals surface area contributed by atoms with Crippen molar-refractivity contribution in [1.29, 1.82) is 0 Å². The van der Waals surface area contributed by atoms with Crippen LogP contribution in [0.1, 0.15) is 119 Å². The van der Waals surface area contributed by atoms with Crippen LogP contribution in [0.2, 0.25) is 0 Å². The summed E-state index contributed by atoms with van der Waals surface area (Å²) >= 11 is 0. The van der Waals surface area contributed by atoms with E-state index in [0.717, 1.165) is 48.9 Å². The Balaban J connectivity index is 0.000000835. The van der Waals surface area contributed by atoms with Gasteiger partial charge in [0.25, 0.3) is 5.91 Å². The van der Waals surface area contributed by atoms with Gasteiger partial charge < -0.3 is 40.7 Å². The van der Waals surface area contributed by atoms with Crippen LogP contribution in [0.15, 0.2) is 102 Å². The highest BCUT2D eigenvalue weighted by Gasteiger charge is 2.50. The number of ketones is 2. The van der Waals surface area contributed by atoms with Crippen molar-refractivity contribution in [3.63, 3.8) is 0 Å². The molecule has 4 aromatic rings. The van der Waals surface area contributed by atoms with Gasteiger partial charge in [0.2, 0.25) is 11.8 Å². The van der Waals surface area contributed by atoms with Gasteiger partial charge in [-0.15, -0.1) is 4.91 Å². The van der Waals surface area contributed by atoms with E-state index in [1.807, 2.05) is 37.3 Å². The molecule has 0 aliphatic heterocycles. The average molecular weight is 1080 g/mol. The lowest BCUT2D eigenvalue weighted by Gasteiger charge is -2.37. The molecule has 414 valence electrons. The number of benzene rings is 4. The quantitative estimate of drug-likeness (QED) is 0.00968. The minimum Gasteiger partial charge on any atom is -0.504 e. The molecule has 1 fully saturated rings. The lowest BCUT2D eigenvalue weighted by molar-refractivity contribution is -0.136. The monoisotopic (exact) mass is 1080 g/mol. The largest absolute Gasteiger partial charge is 0.504 e. The molecule has 0 heterocycles. The normalized spacial score (nSPS) is 16.8. The molecule has 5 rings (SSSR count). The van der Waals surface area contributed by atoms with Crippen molar-refractivity contribution in [2.24, 2.45) is 29.0 Å². The number of Topliss-reactive ketones (excluding diaryl/α,β-unsaturated/α-hetero) is 2. The van der Waals surface area contributed by atoms with Crippen LogP contribution in [0.4, 0.5) is 14.5 Å². The van der Waals surface area contributed by atoms with Crippen LogP contribution >= 0.6 is 7.60 Å². The number of unbranched alkanes of at least 4 members (excludes halogenated alkanes) is 1. The maximum Gasteiger partial charge on any atom is 0.399 e. The Hall–Kier alpha value is -6.40. The molecule has 3 amide bonds. The zero-order valence-corrected chi connectivity index (χ0v) is 45.0. The lowest BCUT2D eigenvalue weighted by Crippen LogP contribution is -2.48. The van der Waals surface area contributed by atoms with Crippen molar-refractivity contribution < 1.29 is 62.1 Å². The molecule has 0 spiro atoms. The number of nitroso groups, excluding NO2 is 1. The van der Waals surface area contributed by atoms with E-state index >= 15 is 0 Å². The summed E-state index contributed by atoms with van der Waals surface area (Å²) in [6.45, 7) is 12.0. The number of alkyl halides is 2. The minimum absolute atomic E-state index is 0.109. The molecular weight excluding hydrogens is 1000 g/mol. The number of phenolic OH excluding ortho intramolecular Hbond substituents is 2. The highest BCUT2D eigenvalue weighted by Crippen LogP contribution is 2.59. The van der Waals surface area contributed by atoms with Gasteiger partial charge in [-0.25, -0.2) is 5.01 Å². The van der Waals surface area contributed by atoms with Crippen LogP contribution < -0.4 is 21.0 Å². The number of hydrogen-bond donors (Lipinski definition) is 7. The number of anilines is 1. The Labute approximate surface area is 443 Å². The van der Waals surface area contributed by atoms with Gasteiger partial charge in [0.05, 0.1) is 29.2 Å². The smallest absolute Gasteiger partial charge is 0.399 e. The maximum atomic E-state index is 14.5. The van der Waals surface area contributed by atoms with Crippen LogP contribution in [0, 0.1) is 28.6 Å². The minimum atomic E-state index is -5.84. The number of amides is 3. The molecular formula is C56H74F2N5O12P. The number of halogens is 2. The second-order valence-corrected chi connectivity index (χ2v) is 21.4. The van der Waals surface area contributed by atoms with Gasteiger partial charge in [-0.05, 0) is 124 Å². The second-order valence-electron chi connectivity index (χ2n) is 19.8. The van der Waals surface area contributed by atoms with Crippen molar-refractivity contribution in [3.05, 3.63) is 130 Å². The van der Waals surface area contributed by atoms with Crippen LogP contribution in [0.25, 0.3) is 0 Å². The number of phenols is 2. The summed E-state index contributed by atoms with van der Waals surface area (Å²) in [6, 6.07) is 22.5. The lowest BCUT2D eigenvalue weighted by atomic mass is 9.75. The third kappa shape index (κ3) is 19.0. The summed E-state index contributed by atoms with van der Waals surface area (Å²) in [5.74, 6) is -2.71. The first-order valence-corrected chi connectivity index (χ1v) is 27.4. The Morgan fingerprint density at radius 1 is 0.829 bits per heavy atom. The fraction of sp³-hybridized carbons (Fsp3) is 0.482. The van der Waals surface area contributed by atoms with Crippen LogP contribution in [0.5, 0.6) is 11.5 Å². The van der Waals surface area contributed by atoms with Crippen molar-refractivity contribution in [2.45, 2.75) is 130 Å². The molecule has 7 N–H and O–H groups in total. The van der Waals surface area contributed by atoms with Gasteiger partial charge in [0.15, 0.2) is 23.1 Å². The van der Waals surface area contributed by atoms with Crippen molar-refractivity contribution in [1.82, 2.24) is 16.0 Å². The molecule has 0 bridgehead atoms. The number of carbonyl (C=O) groups excluding carboxylic acids is 5. The molecule has 76 heavy (non-hydrogen) atoms. The molecule has 0 radical (unpaired) electrons. The maximum absolute atomic E-state index is 14.5. The van der Waals surface area contributed by atoms with Crippen LogP contribution in [0.3, 0.4) is 0 Å². The summed E-state index contributed by atoms with van der Waals surface area (Å²) in [6.07, 6.45) is 4.39.